The summed E-state index contributed by atoms with van der Waals surface area (Å²) in [5.41, 5.74) is 5.43. The number of likely N-dealkylation sites (tertiary alicyclic amines) is 1. The van der Waals surface area contributed by atoms with Gasteiger partial charge in [-0.15, -0.1) is 0 Å². The van der Waals surface area contributed by atoms with Gasteiger partial charge in [-0.1, -0.05) is 6.42 Å². The van der Waals surface area contributed by atoms with E-state index < -0.39 is 0 Å². The van der Waals surface area contributed by atoms with Crippen molar-refractivity contribution in [3.05, 3.63) is 0 Å². The summed E-state index contributed by atoms with van der Waals surface area (Å²) in [6, 6.07) is 0.561. The molecular formula is C11H21N3O. The third kappa shape index (κ3) is 2.69. The molecule has 2 atom stereocenters. The van der Waals surface area contributed by atoms with Gasteiger partial charge >= 0.3 is 0 Å². The molecule has 0 aromatic heterocycles. The number of piperidine rings is 1. The van der Waals surface area contributed by atoms with Crippen LogP contribution in [0, 0.1) is 0 Å². The Hall–Kier alpha value is -0.610. The second-order valence-electron chi connectivity index (χ2n) is 4.70. The molecule has 2 aliphatic rings. The molecule has 0 bridgehead atoms. The Morgan fingerprint density at radius 1 is 1.33 bits per heavy atom. The number of carbonyl (C=O) groups excluding carboxylic acids is 1. The molecule has 0 aliphatic carbocycles. The number of nitrogens with zero attached hydrogens (tertiary/aromatic N) is 1. The molecule has 0 aromatic carbocycles. The predicted molar refractivity (Wildman–Crippen MR) is 59.4 cm³/mol. The summed E-state index contributed by atoms with van der Waals surface area (Å²) in [7, 11) is 0. The number of nitrogens with two attached hydrogens (primary N) is 1. The monoisotopic (exact) mass is 211 g/mol. The Kier molecular flexibility index (Phi) is 3.59. The zero-order valence-corrected chi connectivity index (χ0v) is 9.24. The second-order valence-corrected chi connectivity index (χ2v) is 4.70. The molecule has 86 valence electrons. The number of nitrogens with one attached hydrogen (secondary N) is 1. The first-order chi connectivity index (χ1) is 7.27. The number of hydrogen-bond acceptors (Lipinski definition) is 3. The summed E-state index contributed by atoms with van der Waals surface area (Å²) in [5.74, 6) is -0.146. The van der Waals surface area contributed by atoms with Crippen molar-refractivity contribution in [3.8, 4) is 0 Å². The van der Waals surface area contributed by atoms with Gasteiger partial charge in [0.2, 0.25) is 5.91 Å². The van der Waals surface area contributed by atoms with Crippen LogP contribution in [0.4, 0.5) is 0 Å². The maximum absolute atomic E-state index is 11.3. The minimum atomic E-state index is -0.146. The number of carbonyl (C=O) groups is 1. The van der Waals surface area contributed by atoms with E-state index in [1.807, 2.05) is 0 Å². The van der Waals surface area contributed by atoms with E-state index in [4.69, 9.17) is 5.73 Å². The van der Waals surface area contributed by atoms with Crippen LogP contribution in [0.2, 0.25) is 0 Å². The fourth-order valence-electron chi connectivity index (χ4n) is 2.73. The molecule has 0 saturated carbocycles. The number of hydrogen-bond donors (Lipinski definition) is 2. The van der Waals surface area contributed by atoms with Crippen LogP contribution < -0.4 is 11.1 Å². The SMILES string of the molecule is NC(=O)C1CCCCN1C[C@H]1CCCN1. The molecule has 2 rings (SSSR count). The number of rotatable bonds is 3. The minimum absolute atomic E-state index is 0.0128. The molecule has 2 saturated heterocycles. The van der Waals surface area contributed by atoms with Crippen LogP contribution in [0.3, 0.4) is 0 Å². The molecule has 2 aliphatic heterocycles. The predicted octanol–water partition coefficient (Wildman–Crippen LogP) is 0.0782. The summed E-state index contributed by atoms with van der Waals surface area (Å²) in [4.78, 5) is 13.6. The molecule has 4 nitrogen and oxygen atoms in total. The number of primary amides is 1. The van der Waals surface area contributed by atoms with Crippen molar-refractivity contribution in [3.63, 3.8) is 0 Å². The molecule has 1 amide bonds. The summed E-state index contributed by atoms with van der Waals surface area (Å²) >= 11 is 0. The molecule has 3 N–H and O–H groups in total. The Morgan fingerprint density at radius 3 is 2.87 bits per heavy atom. The standard InChI is InChI=1S/C11H21N3O/c12-11(15)10-5-1-2-7-14(10)8-9-4-3-6-13-9/h9-10,13H,1-8H2,(H2,12,15)/t9-,10?/m1/s1. The Balaban J connectivity index is 1.89. The van der Waals surface area contributed by atoms with Crippen molar-refractivity contribution >= 4 is 5.91 Å². The first-order valence-electron chi connectivity index (χ1n) is 6.04. The maximum atomic E-state index is 11.3. The quantitative estimate of drug-likeness (QED) is 0.695. The third-order valence-electron chi connectivity index (χ3n) is 3.56. The zero-order chi connectivity index (χ0) is 10.7. The van der Waals surface area contributed by atoms with Gasteiger partial charge < -0.3 is 11.1 Å². The van der Waals surface area contributed by atoms with Crippen LogP contribution in [0.15, 0.2) is 0 Å². The van der Waals surface area contributed by atoms with Crippen LogP contribution in [-0.2, 0) is 4.79 Å². The Labute approximate surface area is 91.2 Å². The van der Waals surface area contributed by atoms with Gasteiger partial charge in [0.15, 0.2) is 0 Å². The van der Waals surface area contributed by atoms with Crippen molar-refractivity contribution in [2.45, 2.75) is 44.2 Å². The molecule has 2 fully saturated rings. The largest absolute Gasteiger partial charge is 0.368 e. The van der Waals surface area contributed by atoms with Crippen molar-refractivity contribution < 1.29 is 4.79 Å². The maximum Gasteiger partial charge on any atom is 0.234 e. The molecule has 0 aromatic rings. The summed E-state index contributed by atoms with van der Waals surface area (Å²) in [5, 5.41) is 3.47. The zero-order valence-electron chi connectivity index (χ0n) is 9.24. The molecule has 2 heterocycles. The van der Waals surface area contributed by atoms with E-state index in [1.165, 1.54) is 19.3 Å². The molecule has 15 heavy (non-hydrogen) atoms. The molecule has 0 radical (unpaired) electrons. The van der Waals surface area contributed by atoms with E-state index in [0.29, 0.717) is 6.04 Å². The van der Waals surface area contributed by atoms with Gasteiger partial charge in [0, 0.05) is 12.6 Å². The molecule has 0 spiro atoms. The van der Waals surface area contributed by atoms with Crippen LogP contribution in [-0.4, -0.2) is 42.5 Å². The van der Waals surface area contributed by atoms with Gasteiger partial charge in [-0.25, -0.2) is 0 Å². The van der Waals surface area contributed by atoms with Gasteiger partial charge in [-0.05, 0) is 38.8 Å². The van der Waals surface area contributed by atoms with Crippen LogP contribution in [0.5, 0.6) is 0 Å². The lowest BCUT2D eigenvalue weighted by Crippen LogP contribution is -2.51. The molecule has 4 heteroatoms. The third-order valence-corrected chi connectivity index (χ3v) is 3.56. The average Bonchev–Trinajstić information content (AvgIpc) is 2.71. The van der Waals surface area contributed by atoms with Crippen LogP contribution in [0.25, 0.3) is 0 Å². The molecule has 1 unspecified atom stereocenters. The van der Waals surface area contributed by atoms with E-state index in [9.17, 15) is 4.79 Å². The minimum Gasteiger partial charge on any atom is -0.368 e. The highest BCUT2D eigenvalue weighted by Gasteiger charge is 2.29. The fourth-order valence-corrected chi connectivity index (χ4v) is 2.73. The van der Waals surface area contributed by atoms with Gasteiger partial charge in [0.05, 0.1) is 6.04 Å². The van der Waals surface area contributed by atoms with E-state index in [2.05, 4.69) is 10.2 Å². The van der Waals surface area contributed by atoms with Crippen LogP contribution >= 0.6 is 0 Å². The van der Waals surface area contributed by atoms with Gasteiger partial charge in [0.1, 0.15) is 0 Å². The second kappa shape index (κ2) is 4.94. The van der Waals surface area contributed by atoms with Crippen molar-refractivity contribution in [1.29, 1.82) is 0 Å². The van der Waals surface area contributed by atoms with Gasteiger partial charge in [-0.2, -0.15) is 0 Å². The number of amides is 1. The first-order valence-corrected chi connectivity index (χ1v) is 6.04. The fraction of sp³-hybridized carbons (Fsp3) is 0.909. The van der Waals surface area contributed by atoms with E-state index in [0.717, 1.165) is 32.5 Å². The lowest BCUT2D eigenvalue weighted by atomic mass is 10.0. The lowest BCUT2D eigenvalue weighted by Gasteiger charge is -2.35. The lowest BCUT2D eigenvalue weighted by molar-refractivity contribution is -0.124. The first kappa shape index (κ1) is 10.9. The van der Waals surface area contributed by atoms with Gasteiger partial charge in [-0.3, -0.25) is 9.69 Å². The molecular weight excluding hydrogens is 190 g/mol. The van der Waals surface area contributed by atoms with Crippen molar-refractivity contribution in [2.24, 2.45) is 5.73 Å². The van der Waals surface area contributed by atoms with Crippen LogP contribution in [0.1, 0.15) is 32.1 Å². The van der Waals surface area contributed by atoms with E-state index >= 15 is 0 Å². The van der Waals surface area contributed by atoms with Crippen molar-refractivity contribution in [2.75, 3.05) is 19.6 Å². The van der Waals surface area contributed by atoms with Crippen molar-refractivity contribution in [1.82, 2.24) is 10.2 Å². The average molecular weight is 211 g/mol. The summed E-state index contributed by atoms with van der Waals surface area (Å²) in [6.45, 7) is 3.15. The van der Waals surface area contributed by atoms with E-state index in [1.54, 1.807) is 0 Å². The normalized spacial score (nSPS) is 33.1. The Bertz CT molecular complexity index is 226. The highest BCUT2D eigenvalue weighted by molar-refractivity contribution is 5.79. The summed E-state index contributed by atoms with van der Waals surface area (Å²) < 4.78 is 0. The highest BCUT2D eigenvalue weighted by Crippen LogP contribution is 2.18. The smallest absolute Gasteiger partial charge is 0.234 e. The topological polar surface area (TPSA) is 58.4 Å². The Morgan fingerprint density at radius 2 is 2.20 bits per heavy atom. The van der Waals surface area contributed by atoms with E-state index in [-0.39, 0.29) is 11.9 Å². The highest BCUT2D eigenvalue weighted by atomic mass is 16.1. The summed E-state index contributed by atoms with van der Waals surface area (Å²) in [6.07, 6.45) is 5.79. The van der Waals surface area contributed by atoms with Gasteiger partial charge in [0.25, 0.3) is 0 Å².